The van der Waals surface area contributed by atoms with Crippen LogP contribution in [0, 0.1) is 17.8 Å². The summed E-state index contributed by atoms with van der Waals surface area (Å²) in [5.74, 6) is -0.373. The zero-order valence-corrected chi connectivity index (χ0v) is 15.3. The number of hydrazone groups is 1. The molecule has 8 nitrogen and oxygen atoms in total. The summed E-state index contributed by atoms with van der Waals surface area (Å²) in [6, 6.07) is 8.61. The molecule has 3 heterocycles. The summed E-state index contributed by atoms with van der Waals surface area (Å²) >= 11 is 0. The molecular formula is C19H27N5O3. The van der Waals surface area contributed by atoms with Gasteiger partial charge in [0.1, 0.15) is 5.84 Å². The minimum absolute atomic E-state index is 0.00133. The van der Waals surface area contributed by atoms with Crippen molar-refractivity contribution in [3.63, 3.8) is 0 Å². The Kier molecular flexibility index (Phi) is 5.56. The van der Waals surface area contributed by atoms with Gasteiger partial charge in [0.25, 0.3) is 0 Å². The largest absolute Gasteiger partial charge is 0.481 e. The van der Waals surface area contributed by atoms with E-state index in [2.05, 4.69) is 51.2 Å². The molecule has 0 aliphatic carbocycles. The Balaban J connectivity index is 1.54. The van der Waals surface area contributed by atoms with Gasteiger partial charge in [-0.05, 0) is 48.8 Å². The number of nitrogens with one attached hydrogen (secondary N) is 4. The maximum absolute atomic E-state index is 12.1. The van der Waals surface area contributed by atoms with E-state index >= 15 is 0 Å². The number of carboxylic acids is 1. The van der Waals surface area contributed by atoms with Gasteiger partial charge in [0.2, 0.25) is 0 Å². The van der Waals surface area contributed by atoms with Crippen LogP contribution in [-0.4, -0.2) is 43.2 Å². The van der Waals surface area contributed by atoms with Gasteiger partial charge >= 0.3 is 5.97 Å². The number of amidine groups is 1. The average molecular weight is 373 g/mol. The maximum Gasteiger partial charge on any atom is 0.307 e. The molecule has 1 aromatic rings. The van der Waals surface area contributed by atoms with Crippen LogP contribution in [0.1, 0.15) is 29.9 Å². The second-order valence-corrected chi connectivity index (χ2v) is 7.59. The van der Waals surface area contributed by atoms with E-state index < -0.39 is 11.9 Å². The zero-order valence-electron chi connectivity index (χ0n) is 15.3. The third-order valence-electron chi connectivity index (χ3n) is 5.93. The highest BCUT2D eigenvalue weighted by molar-refractivity contribution is 5.89. The highest BCUT2D eigenvalue weighted by atomic mass is 16.5. The third-order valence-corrected chi connectivity index (χ3v) is 5.93. The summed E-state index contributed by atoms with van der Waals surface area (Å²) in [5.41, 5.74) is 10.8. The standard InChI is InChI=1S/C19H27N5O3/c25-19(26)17(15-6-8-27-11-15)16(18-21-23-24-22-18)9-12-1-3-13(4-2-12)14-5-7-20-10-14/h1-4,14-17,20,23-24H,5-11H2,(H,21,22)(H,25,26)/t14?,15?,16-,17-/m0/s1. The monoisotopic (exact) mass is 373 g/mol. The minimum atomic E-state index is -0.791. The molecular weight excluding hydrogens is 346 g/mol. The van der Waals surface area contributed by atoms with Gasteiger partial charge in [-0.25, -0.2) is 5.53 Å². The number of carbonyl (C=O) groups is 1. The van der Waals surface area contributed by atoms with E-state index in [9.17, 15) is 9.90 Å². The van der Waals surface area contributed by atoms with Crippen molar-refractivity contribution in [2.75, 3.05) is 26.3 Å². The second-order valence-electron chi connectivity index (χ2n) is 7.59. The van der Waals surface area contributed by atoms with Crippen LogP contribution in [-0.2, 0) is 16.0 Å². The number of benzene rings is 1. The number of hydrogen-bond acceptors (Lipinski definition) is 7. The van der Waals surface area contributed by atoms with Gasteiger partial charge in [-0.2, -0.15) is 0 Å². The molecule has 8 heteroatoms. The topological polar surface area (TPSA) is 107 Å². The molecule has 5 N–H and O–H groups in total. The van der Waals surface area contributed by atoms with Gasteiger partial charge in [-0.3, -0.25) is 10.2 Å². The van der Waals surface area contributed by atoms with Crippen LogP contribution in [0.3, 0.4) is 0 Å². The molecule has 0 bridgehead atoms. The quantitative estimate of drug-likeness (QED) is 0.476. The molecule has 3 aliphatic heterocycles. The maximum atomic E-state index is 12.1. The first-order valence-electron chi connectivity index (χ1n) is 9.66. The normalized spacial score (nSPS) is 26.9. The van der Waals surface area contributed by atoms with Gasteiger partial charge in [0, 0.05) is 19.1 Å². The predicted molar refractivity (Wildman–Crippen MR) is 101 cm³/mol. The molecule has 0 radical (unpaired) electrons. The Labute approximate surface area is 158 Å². The number of hydrogen-bond donors (Lipinski definition) is 5. The predicted octanol–water partition coefficient (Wildman–Crippen LogP) is 0.585. The van der Waals surface area contributed by atoms with E-state index in [0.717, 1.165) is 25.1 Å². The van der Waals surface area contributed by atoms with Crippen LogP contribution in [0.5, 0.6) is 0 Å². The van der Waals surface area contributed by atoms with Crippen molar-refractivity contribution >= 4 is 11.8 Å². The molecule has 2 fully saturated rings. The lowest BCUT2D eigenvalue weighted by atomic mass is 9.77. The molecule has 0 aromatic heterocycles. The smallest absolute Gasteiger partial charge is 0.307 e. The zero-order chi connectivity index (χ0) is 18.6. The number of rotatable bonds is 7. The molecule has 4 rings (SSSR count). The minimum Gasteiger partial charge on any atom is -0.481 e. The second kappa shape index (κ2) is 8.24. The summed E-state index contributed by atoms with van der Waals surface area (Å²) in [6.45, 7) is 3.23. The number of aliphatic carboxylic acids is 1. The van der Waals surface area contributed by atoms with Crippen LogP contribution < -0.4 is 21.8 Å². The Morgan fingerprint density at radius 2 is 2.15 bits per heavy atom. The van der Waals surface area contributed by atoms with Crippen LogP contribution >= 0.6 is 0 Å². The Morgan fingerprint density at radius 3 is 2.74 bits per heavy atom. The molecule has 0 saturated carbocycles. The molecule has 0 amide bonds. The third kappa shape index (κ3) is 4.07. The lowest BCUT2D eigenvalue weighted by molar-refractivity contribution is -0.145. The van der Waals surface area contributed by atoms with Crippen LogP contribution in [0.15, 0.2) is 29.4 Å². The summed E-state index contributed by atoms with van der Waals surface area (Å²) in [6.07, 6.45) is 2.56. The number of hydrazine groups is 2. The Bertz CT molecular complexity index is 681. The van der Waals surface area contributed by atoms with Crippen LogP contribution in [0.25, 0.3) is 0 Å². The van der Waals surface area contributed by atoms with Crippen molar-refractivity contribution < 1.29 is 14.6 Å². The number of ether oxygens (including phenoxy) is 1. The van der Waals surface area contributed by atoms with Gasteiger partial charge in [-0.15, -0.1) is 10.6 Å². The fourth-order valence-electron chi connectivity index (χ4n) is 4.43. The Morgan fingerprint density at radius 1 is 1.30 bits per heavy atom. The fraction of sp³-hybridized carbons (Fsp3) is 0.579. The van der Waals surface area contributed by atoms with E-state index in [1.807, 2.05) is 0 Å². The highest BCUT2D eigenvalue weighted by Crippen LogP contribution is 2.32. The Hall–Kier alpha value is -2.16. The number of carboxylic acid groups (broad SMARTS) is 1. The van der Waals surface area contributed by atoms with Crippen molar-refractivity contribution in [3.8, 4) is 0 Å². The fourth-order valence-corrected chi connectivity index (χ4v) is 4.43. The SMILES string of the molecule is O=C(O)[C@@H](C1CCOC1)[C@H](Cc1ccc(C2CCNC2)cc1)C1=NNNN1. The van der Waals surface area contributed by atoms with E-state index in [1.54, 1.807) is 0 Å². The molecule has 2 unspecified atom stereocenters. The highest BCUT2D eigenvalue weighted by Gasteiger charge is 2.40. The molecule has 0 spiro atoms. The van der Waals surface area contributed by atoms with E-state index in [-0.39, 0.29) is 11.8 Å². The van der Waals surface area contributed by atoms with Crippen molar-refractivity contribution in [1.82, 2.24) is 21.8 Å². The first-order chi connectivity index (χ1) is 13.2. The van der Waals surface area contributed by atoms with E-state index in [4.69, 9.17) is 4.74 Å². The van der Waals surface area contributed by atoms with Crippen LogP contribution in [0.4, 0.5) is 0 Å². The first kappa shape index (κ1) is 18.2. The first-order valence-corrected chi connectivity index (χ1v) is 9.66. The molecule has 146 valence electrons. The van der Waals surface area contributed by atoms with Gasteiger partial charge in [0.05, 0.1) is 12.5 Å². The van der Waals surface area contributed by atoms with E-state index in [1.165, 1.54) is 12.0 Å². The lowest BCUT2D eigenvalue weighted by Gasteiger charge is -2.27. The summed E-state index contributed by atoms with van der Waals surface area (Å²) in [5, 5.41) is 17.6. The van der Waals surface area contributed by atoms with Gasteiger partial charge in [-0.1, -0.05) is 24.3 Å². The summed E-state index contributed by atoms with van der Waals surface area (Å²) in [7, 11) is 0. The molecule has 3 aliphatic rings. The van der Waals surface area contributed by atoms with Gasteiger partial charge in [0.15, 0.2) is 0 Å². The van der Waals surface area contributed by atoms with Crippen molar-refractivity contribution in [3.05, 3.63) is 35.4 Å². The average Bonchev–Trinajstić information content (AvgIpc) is 3.43. The number of nitrogens with zero attached hydrogens (tertiary/aromatic N) is 1. The van der Waals surface area contributed by atoms with Crippen LogP contribution in [0.2, 0.25) is 0 Å². The van der Waals surface area contributed by atoms with Crippen molar-refractivity contribution in [2.45, 2.75) is 25.2 Å². The summed E-state index contributed by atoms with van der Waals surface area (Å²) in [4.78, 5) is 12.1. The summed E-state index contributed by atoms with van der Waals surface area (Å²) < 4.78 is 5.46. The van der Waals surface area contributed by atoms with Crippen molar-refractivity contribution in [2.24, 2.45) is 22.9 Å². The molecule has 1 aromatic carbocycles. The molecule has 2 saturated heterocycles. The van der Waals surface area contributed by atoms with Crippen molar-refractivity contribution in [1.29, 1.82) is 0 Å². The van der Waals surface area contributed by atoms with E-state index in [0.29, 0.717) is 31.4 Å². The van der Waals surface area contributed by atoms with Gasteiger partial charge < -0.3 is 15.2 Å². The molecule has 4 atom stereocenters. The molecule has 27 heavy (non-hydrogen) atoms. The lowest BCUT2D eigenvalue weighted by Crippen LogP contribution is -2.44.